The molecule has 26 heavy (non-hydrogen) atoms. The van der Waals surface area contributed by atoms with E-state index >= 15 is 0 Å². The smallest absolute Gasteiger partial charge is 0.225 e. The molecule has 1 aliphatic rings. The third kappa shape index (κ3) is 4.56. The molecule has 1 aromatic carbocycles. The van der Waals surface area contributed by atoms with E-state index in [9.17, 15) is 9.59 Å². The monoisotopic (exact) mass is 353 g/mol. The van der Waals surface area contributed by atoms with E-state index in [1.165, 1.54) is 6.92 Å². The minimum atomic E-state index is -0.309. The molecule has 0 bridgehead atoms. The van der Waals surface area contributed by atoms with Gasteiger partial charge in [0.15, 0.2) is 0 Å². The van der Waals surface area contributed by atoms with E-state index in [-0.39, 0.29) is 24.3 Å². The van der Waals surface area contributed by atoms with Gasteiger partial charge in [-0.25, -0.2) is 9.97 Å². The van der Waals surface area contributed by atoms with E-state index in [1.54, 1.807) is 18.5 Å². The minimum Gasteiger partial charge on any atom is -0.349 e. The van der Waals surface area contributed by atoms with E-state index in [0.717, 1.165) is 5.56 Å². The van der Waals surface area contributed by atoms with Crippen LogP contribution in [-0.2, 0) is 9.59 Å². The summed E-state index contributed by atoms with van der Waals surface area (Å²) in [5, 5.41) is 2.88. The van der Waals surface area contributed by atoms with Gasteiger partial charge in [-0.2, -0.15) is 0 Å². The second kappa shape index (κ2) is 8.42. The zero-order chi connectivity index (χ0) is 18.4. The van der Waals surface area contributed by atoms with Crippen molar-refractivity contribution in [2.24, 2.45) is 0 Å². The van der Waals surface area contributed by atoms with E-state index in [1.807, 2.05) is 35.2 Å². The van der Waals surface area contributed by atoms with Crippen molar-refractivity contribution in [3.05, 3.63) is 54.4 Å². The Morgan fingerprint density at radius 1 is 1.04 bits per heavy atom. The van der Waals surface area contributed by atoms with E-state index in [4.69, 9.17) is 0 Å². The Balaban J connectivity index is 1.59. The maximum absolute atomic E-state index is 12.7. The molecule has 0 radical (unpaired) electrons. The number of piperazine rings is 1. The summed E-state index contributed by atoms with van der Waals surface area (Å²) < 4.78 is 0. The number of nitrogens with one attached hydrogen (secondary N) is 1. The van der Waals surface area contributed by atoms with Crippen LogP contribution in [0.1, 0.15) is 24.9 Å². The molecule has 1 N–H and O–H groups in total. The zero-order valence-electron chi connectivity index (χ0n) is 14.8. The average molecular weight is 353 g/mol. The summed E-state index contributed by atoms with van der Waals surface area (Å²) >= 11 is 0. The first kappa shape index (κ1) is 17.8. The van der Waals surface area contributed by atoms with Gasteiger partial charge in [0, 0.05) is 45.5 Å². The number of hydrogen-bond donors (Lipinski definition) is 1. The van der Waals surface area contributed by atoms with Gasteiger partial charge in [0.2, 0.25) is 17.8 Å². The molecule has 2 aromatic rings. The van der Waals surface area contributed by atoms with Crippen molar-refractivity contribution in [1.82, 2.24) is 20.2 Å². The fourth-order valence-electron chi connectivity index (χ4n) is 3.10. The summed E-state index contributed by atoms with van der Waals surface area (Å²) in [6.45, 7) is 4.12. The molecule has 2 amide bonds. The highest BCUT2D eigenvalue weighted by Gasteiger charge is 2.25. The van der Waals surface area contributed by atoms with Gasteiger partial charge in [-0.1, -0.05) is 30.3 Å². The molecule has 0 unspecified atom stereocenters. The standard InChI is InChI=1S/C19H23N5O2/c1-15(25)22-17(16-6-3-2-4-7-16)14-18(26)23-10-12-24(13-11-23)19-20-8-5-9-21-19/h2-9,17H,10-14H2,1H3,(H,22,25)/t17-/m0/s1. The van der Waals surface area contributed by atoms with Crippen molar-refractivity contribution >= 4 is 17.8 Å². The molecule has 3 rings (SSSR count). The first-order valence-electron chi connectivity index (χ1n) is 8.75. The quantitative estimate of drug-likeness (QED) is 0.879. The van der Waals surface area contributed by atoms with Gasteiger partial charge >= 0.3 is 0 Å². The lowest BCUT2D eigenvalue weighted by Crippen LogP contribution is -2.50. The van der Waals surface area contributed by atoms with Crippen molar-refractivity contribution in [3.63, 3.8) is 0 Å². The topological polar surface area (TPSA) is 78.4 Å². The number of amides is 2. The maximum Gasteiger partial charge on any atom is 0.225 e. The molecule has 1 atom stereocenters. The summed E-state index contributed by atoms with van der Waals surface area (Å²) in [4.78, 5) is 36.7. The van der Waals surface area contributed by atoms with Crippen LogP contribution in [0.4, 0.5) is 5.95 Å². The molecule has 1 fully saturated rings. The molecule has 1 aliphatic heterocycles. The molecule has 0 spiro atoms. The lowest BCUT2D eigenvalue weighted by molar-refractivity contribution is -0.132. The molecule has 7 heteroatoms. The molecule has 2 heterocycles. The first-order valence-corrected chi connectivity index (χ1v) is 8.75. The Bertz CT molecular complexity index is 730. The molecule has 7 nitrogen and oxygen atoms in total. The summed E-state index contributed by atoms with van der Waals surface area (Å²) in [7, 11) is 0. The van der Waals surface area contributed by atoms with Gasteiger partial charge < -0.3 is 15.1 Å². The van der Waals surface area contributed by atoms with Crippen LogP contribution in [0.2, 0.25) is 0 Å². The van der Waals surface area contributed by atoms with Gasteiger partial charge in [-0.05, 0) is 11.6 Å². The van der Waals surface area contributed by atoms with Gasteiger partial charge in [-0.15, -0.1) is 0 Å². The number of aromatic nitrogens is 2. The van der Waals surface area contributed by atoms with Crippen LogP contribution in [-0.4, -0.2) is 52.9 Å². The van der Waals surface area contributed by atoms with Gasteiger partial charge in [-0.3, -0.25) is 9.59 Å². The summed E-state index contributed by atoms with van der Waals surface area (Å²) in [5.41, 5.74) is 0.937. The Morgan fingerprint density at radius 2 is 1.69 bits per heavy atom. The van der Waals surface area contributed by atoms with Crippen molar-refractivity contribution < 1.29 is 9.59 Å². The van der Waals surface area contributed by atoms with Crippen molar-refractivity contribution in [3.8, 4) is 0 Å². The van der Waals surface area contributed by atoms with Gasteiger partial charge in [0.25, 0.3) is 0 Å². The first-order chi connectivity index (χ1) is 12.6. The average Bonchev–Trinajstić information content (AvgIpc) is 2.68. The predicted molar refractivity (Wildman–Crippen MR) is 98.4 cm³/mol. The highest BCUT2D eigenvalue weighted by Crippen LogP contribution is 2.19. The summed E-state index contributed by atoms with van der Waals surface area (Å²) in [6, 6.07) is 11.1. The molecule has 0 aliphatic carbocycles. The number of carbonyl (C=O) groups is 2. The second-order valence-electron chi connectivity index (χ2n) is 6.28. The SMILES string of the molecule is CC(=O)N[C@@H](CC(=O)N1CCN(c2ncccn2)CC1)c1ccccc1. The highest BCUT2D eigenvalue weighted by molar-refractivity contribution is 5.79. The van der Waals surface area contributed by atoms with Crippen LogP contribution in [0.15, 0.2) is 48.8 Å². The highest BCUT2D eigenvalue weighted by atomic mass is 16.2. The van der Waals surface area contributed by atoms with Crippen LogP contribution < -0.4 is 10.2 Å². The Kier molecular flexibility index (Phi) is 5.78. The number of nitrogens with zero attached hydrogens (tertiary/aromatic N) is 4. The van der Waals surface area contributed by atoms with E-state index in [2.05, 4.69) is 20.2 Å². The minimum absolute atomic E-state index is 0.0428. The van der Waals surface area contributed by atoms with E-state index < -0.39 is 0 Å². The molecular formula is C19H23N5O2. The number of hydrogen-bond acceptors (Lipinski definition) is 5. The van der Waals surface area contributed by atoms with Crippen molar-refractivity contribution in [2.75, 3.05) is 31.1 Å². The largest absolute Gasteiger partial charge is 0.349 e. The van der Waals surface area contributed by atoms with Crippen LogP contribution >= 0.6 is 0 Å². The molecule has 1 saturated heterocycles. The number of anilines is 1. The zero-order valence-corrected chi connectivity index (χ0v) is 14.8. The normalized spacial score (nSPS) is 15.4. The molecule has 136 valence electrons. The van der Waals surface area contributed by atoms with Gasteiger partial charge in [0.05, 0.1) is 12.5 Å². The summed E-state index contributed by atoms with van der Waals surface area (Å²) in [5.74, 6) is 0.596. The third-order valence-electron chi connectivity index (χ3n) is 4.43. The van der Waals surface area contributed by atoms with E-state index in [0.29, 0.717) is 32.1 Å². The van der Waals surface area contributed by atoms with Crippen molar-refractivity contribution in [2.45, 2.75) is 19.4 Å². The Morgan fingerprint density at radius 3 is 2.31 bits per heavy atom. The Labute approximate surface area is 153 Å². The number of rotatable bonds is 5. The van der Waals surface area contributed by atoms with Gasteiger partial charge in [0.1, 0.15) is 0 Å². The summed E-state index contributed by atoms with van der Waals surface area (Å²) in [6.07, 6.45) is 3.70. The molecular weight excluding hydrogens is 330 g/mol. The van der Waals surface area contributed by atoms with Crippen LogP contribution in [0.5, 0.6) is 0 Å². The van der Waals surface area contributed by atoms with Crippen molar-refractivity contribution in [1.29, 1.82) is 0 Å². The lowest BCUT2D eigenvalue weighted by Gasteiger charge is -2.35. The molecule has 1 aromatic heterocycles. The Hall–Kier alpha value is -2.96. The number of carbonyl (C=O) groups excluding carboxylic acids is 2. The van der Waals surface area contributed by atoms with Crippen LogP contribution in [0.25, 0.3) is 0 Å². The predicted octanol–water partition coefficient (Wildman–Crippen LogP) is 1.39. The van der Waals surface area contributed by atoms with Crippen LogP contribution in [0.3, 0.4) is 0 Å². The third-order valence-corrected chi connectivity index (χ3v) is 4.43. The second-order valence-corrected chi connectivity index (χ2v) is 6.28. The molecule has 0 saturated carbocycles. The van der Waals surface area contributed by atoms with Crippen LogP contribution in [0, 0.1) is 0 Å². The fraction of sp³-hybridized carbons (Fsp3) is 0.368. The fourth-order valence-corrected chi connectivity index (χ4v) is 3.10. The lowest BCUT2D eigenvalue weighted by atomic mass is 10.0. The maximum atomic E-state index is 12.7. The number of benzene rings is 1.